The number of halogens is 5. The molecule has 6 heterocycles. The zero-order valence-electron chi connectivity index (χ0n) is 24.7. The van der Waals surface area contributed by atoms with Gasteiger partial charge < -0.3 is 43.6 Å². The van der Waals surface area contributed by atoms with Gasteiger partial charge in [-0.2, -0.15) is 18.2 Å². The summed E-state index contributed by atoms with van der Waals surface area (Å²) in [5, 5.41) is 5.31. The Balaban J connectivity index is 1.11. The summed E-state index contributed by atoms with van der Waals surface area (Å²) in [6, 6.07) is 5.58. The van der Waals surface area contributed by atoms with E-state index in [-0.39, 0.29) is 65.9 Å². The average molecular weight is 667 g/mol. The number of rotatable bonds is 6. The number of nitrogens with one attached hydrogen (secondary N) is 2. The zero-order chi connectivity index (χ0) is 32.9. The molecule has 2 unspecified atom stereocenters. The van der Waals surface area contributed by atoms with Gasteiger partial charge in [0, 0.05) is 6.07 Å². The number of carbonyl (C=O) groups excluding carboxylic acids is 2. The van der Waals surface area contributed by atoms with Crippen molar-refractivity contribution in [2.24, 2.45) is 0 Å². The molecule has 17 heteroatoms. The summed E-state index contributed by atoms with van der Waals surface area (Å²) in [7, 11) is 1.34. The molecule has 2 amide bonds. The van der Waals surface area contributed by atoms with Crippen LogP contribution in [-0.4, -0.2) is 79.4 Å². The molecule has 1 saturated carbocycles. The van der Waals surface area contributed by atoms with E-state index in [4.69, 9.17) is 18.6 Å². The number of amides is 2. The smallest absolute Gasteiger partial charge is 0.496 e. The molecule has 9 rings (SSSR count). The molecule has 3 aromatic rings. The molecular formula is C30H27F5N4O8. The van der Waals surface area contributed by atoms with E-state index in [1.807, 2.05) is 4.90 Å². The Hall–Kier alpha value is -4.38. The average Bonchev–Trinajstić information content (AvgIpc) is 3.58. The van der Waals surface area contributed by atoms with E-state index in [2.05, 4.69) is 25.1 Å². The van der Waals surface area contributed by atoms with Crippen molar-refractivity contribution in [1.82, 2.24) is 10.3 Å². The number of hydrogen-bond acceptors (Lipinski definition) is 10. The fourth-order valence-corrected chi connectivity index (χ4v) is 7.11. The summed E-state index contributed by atoms with van der Waals surface area (Å²) in [5.41, 5.74) is -3.59. The predicted molar refractivity (Wildman–Crippen MR) is 150 cm³/mol. The van der Waals surface area contributed by atoms with Crippen LogP contribution in [0.15, 0.2) is 28.7 Å². The van der Waals surface area contributed by atoms with Crippen LogP contribution in [0.4, 0.5) is 33.7 Å². The minimum Gasteiger partial charge on any atom is -0.496 e. The van der Waals surface area contributed by atoms with Gasteiger partial charge in [0.05, 0.1) is 55.8 Å². The summed E-state index contributed by atoms with van der Waals surface area (Å²) < 4.78 is 101. The minimum absolute atomic E-state index is 0.0273. The monoisotopic (exact) mass is 666 g/mol. The van der Waals surface area contributed by atoms with Crippen LogP contribution in [0.1, 0.15) is 52.8 Å². The van der Waals surface area contributed by atoms with E-state index in [9.17, 15) is 31.5 Å². The molecule has 6 aliphatic rings. The fourth-order valence-electron chi connectivity index (χ4n) is 7.11. The van der Waals surface area contributed by atoms with Crippen LogP contribution in [0.5, 0.6) is 17.2 Å². The largest absolute Gasteiger partial charge is 0.586 e. The summed E-state index contributed by atoms with van der Waals surface area (Å²) in [6.45, 7) is 0.619. The molecule has 0 spiro atoms. The lowest BCUT2D eigenvalue weighted by Gasteiger charge is -2.53. The Kier molecular flexibility index (Phi) is 6.42. The Bertz CT molecular complexity index is 1770. The lowest BCUT2D eigenvalue weighted by molar-refractivity contribution is -0.317. The molecule has 250 valence electrons. The first-order chi connectivity index (χ1) is 22.3. The van der Waals surface area contributed by atoms with Gasteiger partial charge in [-0.1, -0.05) is 0 Å². The van der Waals surface area contributed by atoms with Crippen LogP contribution >= 0.6 is 0 Å². The first kappa shape index (κ1) is 30.0. The number of alkyl halides is 5. The molecular weight excluding hydrogens is 639 g/mol. The maximum absolute atomic E-state index is 14.0. The highest BCUT2D eigenvalue weighted by Gasteiger charge is 2.63. The highest BCUT2D eigenvalue weighted by molar-refractivity contribution is 6.15. The molecule has 1 aliphatic carbocycles. The highest BCUT2D eigenvalue weighted by Crippen LogP contribution is 2.52. The molecule has 0 radical (unpaired) electrons. The van der Waals surface area contributed by atoms with Crippen LogP contribution in [-0.2, 0) is 9.47 Å². The van der Waals surface area contributed by atoms with Gasteiger partial charge in [0.2, 0.25) is 0 Å². The SMILES string of the molecule is COc1ccc2nc(N3C4COCC3C4)oc2c1C(=O)Nc1cc2c(cc1C(=O)NC13CCC(C(F)(F)F)(CC1)OC3)OC(F)(F)O2. The maximum atomic E-state index is 14.0. The third-order valence-corrected chi connectivity index (χ3v) is 9.70. The molecule has 5 aliphatic heterocycles. The van der Waals surface area contributed by atoms with Gasteiger partial charge in [0.15, 0.2) is 22.7 Å². The Morgan fingerprint density at radius 2 is 1.72 bits per heavy atom. The number of aromatic nitrogens is 1. The highest BCUT2D eigenvalue weighted by atomic mass is 19.4. The van der Waals surface area contributed by atoms with E-state index >= 15 is 0 Å². The number of anilines is 2. The van der Waals surface area contributed by atoms with Gasteiger partial charge in [-0.05, 0) is 50.3 Å². The lowest BCUT2D eigenvalue weighted by Crippen LogP contribution is -2.66. The van der Waals surface area contributed by atoms with Crippen LogP contribution in [0.25, 0.3) is 11.1 Å². The quantitative estimate of drug-likeness (QED) is 0.355. The number of morpholine rings is 1. The molecule has 4 bridgehead atoms. The van der Waals surface area contributed by atoms with Gasteiger partial charge in [-0.15, -0.1) is 8.78 Å². The van der Waals surface area contributed by atoms with Crippen molar-refractivity contribution in [3.8, 4) is 17.2 Å². The standard InChI is InChI=1S/C30H27F5N4O8/c1-42-19-3-2-17-23(45-26(37-17)39-14-8-15(39)12-43-11-14)22(19)25(41)36-18-10-21-20(46-30(34,35)47-21)9-16(18)24(40)38-27-4-6-28(7-5-27,44-13-27)29(31,32)33/h2-3,9-10,14-15H,4-8,11-13H2,1H3,(H,36,41)(H,38,40). The topological polar surface area (TPSA) is 134 Å². The van der Waals surface area contributed by atoms with Gasteiger partial charge in [-0.25, -0.2) is 0 Å². The Morgan fingerprint density at radius 3 is 2.34 bits per heavy atom. The fraction of sp³-hybridized carbons (Fsp3) is 0.500. The molecule has 1 aromatic heterocycles. The molecule has 12 nitrogen and oxygen atoms in total. The number of benzene rings is 2. The molecule has 5 fully saturated rings. The lowest BCUT2D eigenvalue weighted by atomic mass is 9.70. The molecule has 2 atom stereocenters. The summed E-state index contributed by atoms with van der Waals surface area (Å²) >= 11 is 0. The van der Waals surface area contributed by atoms with Crippen LogP contribution < -0.4 is 29.7 Å². The number of hydrogen-bond donors (Lipinski definition) is 2. The van der Waals surface area contributed by atoms with E-state index in [1.165, 1.54) is 13.2 Å². The van der Waals surface area contributed by atoms with Gasteiger partial charge in [0.25, 0.3) is 17.8 Å². The summed E-state index contributed by atoms with van der Waals surface area (Å²) in [5.74, 6) is -2.50. The van der Waals surface area contributed by atoms with Gasteiger partial charge in [0.1, 0.15) is 16.8 Å². The number of methoxy groups -OCH3 is 1. The van der Waals surface area contributed by atoms with E-state index in [1.54, 1.807) is 6.07 Å². The third-order valence-electron chi connectivity index (χ3n) is 9.70. The van der Waals surface area contributed by atoms with Crippen molar-refractivity contribution in [3.63, 3.8) is 0 Å². The molecule has 2 aromatic carbocycles. The van der Waals surface area contributed by atoms with Crippen molar-refractivity contribution in [1.29, 1.82) is 0 Å². The maximum Gasteiger partial charge on any atom is 0.586 e. The number of oxazole rings is 1. The zero-order valence-corrected chi connectivity index (χ0v) is 24.7. The summed E-state index contributed by atoms with van der Waals surface area (Å²) in [6.07, 6.45) is -8.46. The van der Waals surface area contributed by atoms with E-state index in [0.29, 0.717) is 24.7 Å². The second-order valence-electron chi connectivity index (χ2n) is 12.5. The second kappa shape index (κ2) is 10.1. The van der Waals surface area contributed by atoms with Crippen molar-refractivity contribution in [3.05, 3.63) is 35.4 Å². The van der Waals surface area contributed by atoms with Crippen LogP contribution in [0.2, 0.25) is 0 Å². The van der Waals surface area contributed by atoms with Crippen molar-refractivity contribution in [2.45, 2.75) is 67.8 Å². The van der Waals surface area contributed by atoms with Crippen LogP contribution in [0, 0.1) is 0 Å². The number of ether oxygens (including phenoxy) is 5. The number of nitrogens with zero attached hydrogens (tertiary/aromatic N) is 2. The first-order valence-electron chi connectivity index (χ1n) is 14.9. The number of carbonyl (C=O) groups is 2. The first-order valence-corrected chi connectivity index (χ1v) is 14.9. The molecule has 47 heavy (non-hydrogen) atoms. The third kappa shape index (κ3) is 4.72. The van der Waals surface area contributed by atoms with E-state index < -0.39 is 53.5 Å². The van der Waals surface area contributed by atoms with Crippen LogP contribution in [0.3, 0.4) is 0 Å². The van der Waals surface area contributed by atoms with Gasteiger partial charge in [-0.3, -0.25) is 9.59 Å². The molecule has 2 N–H and O–H groups in total. The van der Waals surface area contributed by atoms with Crippen molar-refractivity contribution in [2.75, 3.05) is 37.1 Å². The summed E-state index contributed by atoms with van der Waals surface area (Å²) in [4.78, 5) is 34.2. The van der Waals surface area contributed by atoms with E-state index in [0.717, 1.165) is 18.6 Å². The van der Waals surface area contributed by atoms with Crippen molar-refractivity contribution >= 4 is 34.6 Å². The number of fused-ring (bicyclic) bond motifs is 7. The molecule has 4 saturated heterocycles. The minimum atomic E-state index is -4.57. The van der Waals surface area contributed by atoms with Crippen molar-refractivity contribution < 1.29 is 59.6 Å². The normalized spacial score (nSPS) is 28.6. The Morgan fingerprint density at radius 1 is 1.02 bits per heavy atom. The predicted octanol–water partition coefficient (Wildman–Crippen LogP) is 4.76. The second-order valence-corrected chi connectivity index (χ2v) is 12.5. The van der Waals surface area contributed by atoms with Gasteiger partial charge >= 0.3 is 12.5 Å². The Labute approximate surface area is 262 Å².